The van der Waals surface area contributed by atoms with Crippen LogP contribution in [0.4, 0.5) is 4.39 Å². The molecule has 0 N–H and O–H groups in total. The van der Waals surface area contributed by atoms with E-state index in [0.717, 1.165) is 30.0 Å². The summed E-state index contributed by atoms with van der Waals surface area (Å²) < 4.78 is 14.8. The van der Waals surface area contributed by atoms with Crippen LogP contribution in [0.5, 0.6) is 0 Å². The molecule has 1 aliphatic carbocycles. The van der Waals surface area contributed by atoms with Crippen molar-refractivity contribution in [3.8, 4) is 11.3 Å². The fraction of sp³-hybridized carbons (Fsp3) is 0.633. The Bertz CT molecular complexity index is 774. The van der Waals surface area contributed by atoms with E-state index in [1.165, 1.54) is 89.0 Å². The Morgan fingerprint density at radius 1 is 0.812 bits per heavy atom. The maximum absolute atomic E-state index is 14.8. The van der Waals surface area contributed by atoms with Gasteiger partial charge in [-0.1, -0.05) is 83.8 Å². The number of hydrogen-bond donors (Lipinski definition) is 0. The SMILES string of the molecule is CCCCCCCc1ccc(-c2ccc([C@H]3CC[C@H](CCCCCC)CC3)cn2)c(F)c1. The molecule has 0 atom stereocenters. The molecule has 1 aliphatic rings. The topological polar surface area (TPSA) is 12.9 Å². The van der Waals surface area contributed by atoms with Crippen molar-refractivity contribution < 1.29 is 4.39 Å². The second kappa shape index (κ2) is 13.8. The van der Waals surface area contributed by atoms with E-state index in [2.05, 4.69) is 31.0 Å². The van der Waals surface area contributed by atoms with Gasteiger partial charge in [0.2, 0.25) is 0 Å². The van der Waals surface area contributed by atoms with Crippen molar-refractivity contribution in [2.75, 3.05) is 0 Å². The first kappa shape index (κ1) is 24.9. The number of pyridine rings is 1. The number of aryl methyl sites for hydroxylation is 1. The molecule has 1 aromatic carbocycles. The van der Waals surface area contributed by atoms with Gasteiger partial charge in [0.05, 0.1) is 5.69 Å². The highest BCUT2D eigenvalue weighted by Crippen LogP contribution is 2.38. The van der Waals surface area contributed by atoms with Gasteiger partial charge in [-0.25, -0.2) is 4.39 Å². The summed E-state index contributed by atoms with van der Waals surface area (Å²) in [5, 5.41) is 0. The number of hydrogen-bond acceptors (Lipinski definition) is 1. The van der Waals surface area contributed by atoms with Crippen molar-refractivity contribution in [2.45, 2.75) is 116 Å². The number of rotatable bonds is 13. The normalized spacial score (nSPS) is 18.7. The van der Waals surface area contributed by atoms with E-state index in [1.54, 1.807) is 6.07 Å². The van der Waals surface area contributed by atoms with Gasteiger partial charge in [-0.15, -0.1) is 0 Å². The van der Waals surface area contributed by atoms with Gasteiger partial charge in [-0.3, -0.25) is 4.98 Å². The number of halogens is 1. The summed E-state index contributed by atoms with van der Waals surface area (Å²) in [4.78, 5) is 4.66. The monoisotopic (exact) mass is 437 g/mol. The third-order valence-electron chi connectivity index (χ3n) is 7.45. The lowest BCUT2D eigenvalue weighted by atomic mass is 9.77. The largest absolute Gasteiger partial charge is 0.256 e. The van der Waals surface area contributed by atoms with Crippen LogP contribution in [-0.2, 0) is 6.42 Å². The van der Waals surface area contributed by atoms with Crippen molar-refractivity contribution in [3.63, 3.8) is 0 Å². The molecule has 0 radical (unpaired) electrons. The number of nitrogens with zero attached hydrogens (tertiary/aromatic N) is 1. The Hall–Kier alpha value is -1.70. The Balaban J connectivity index is 1.49. The molecule has 2 heteroatoms. The van der Waals surface area contributed by atoms with Gasteiger partial charge >= 0.3 is 0 Å². The molecule has 0 amide bonds. The van der Waals surface area contributed by atoms with E-state index in [4.69, 9.17) is 0 Å². The lowest BCUT2D eigenvalue weighted by Crippen LogP contribution is -2.13. The Morgan fingerprint density at radius 2 is 1.53 bits per heavy atom. The van der Waals surface area contributed by atoms with Gasteiger partial charge < -0.3 is 0 Å². The molecule has 3 rings (SSSR count). The van der Waals surface area contributed by atoms with E-state index in [0.29, 0.717) is 11.5 Å². The van der Waals surface area contributed by atoms with E-state index in [-0.39, 0.29) is 5.82 Å². The van der Waals surface area contributed by atoms with Gasteiger partial charge in [0.15, 0.2) is 0 Å². The Labute approximate surface area is 196 Å². The maximum atomic E-state index is 14.8. The molecule has 0 aliphatic heterocycles. The molecule has 1 saturated carbocycles. The molecule has 0 saturated heterocycles. The molecule has 176 valence electrons. The van der Waals surface area contributed by atoms with Crippen molar-refractivity contribution in [2.24, 2.45) is 5.92 Å². The molecule has 0 spiro atoms. The summed E-state index contributed by atoms with van der Waals surface area (Å²) in [6.07, 6.45) is 21.4. The van der Waals surface area contributed by atoms with E-state index in [9.17, 15) is 4.39 Å². The zero-order chi connectivity index (χ0) is 22.6. The molecule has 0 bridgehead atoms. The van der Waals surface area contributed by atoms with E-state index in [1.807, 2.05) is 18.3 Å². The highest BCUT2D eigenvalue weighted by Gasteiger charge is 2.22. The van der Waals surface area contributed by atoms with Gasteiger partial charge in [-0.2, -0.15) is 0 Å². The van der Waals surface area contributed by atoms with Crippen LogP contribution in [0.2, 0.25) is 0 Å². The highest BCUT2D eigenvalue weighted by molar-refractivity contribution is 5.60. The Kier molecular flexibility index (Phi) is 10.7. The standard InChI is InChI=1S/C30H44FN/c1-3-5-7-9-11-13-25-16-20-28(29(31)22-25)30-21-19-27(23-32-30)26-17-14-24(15-18-26)12-10-8-6-4-2/h16,19-24,26H,3-15,17-18H2,1-2H3/t24-,26-. The first-order chi connectivity index (χ1) is 15.7. The summed E-state index contributed by atoms with van der Waals surface area (Å²) in [5.41, 5.74) is 3.82. The first-order valence-corrected chi connectivity index (χ1v) is 13.5. The molecular weight excluding hydrogens is 393 g/mol. The quantitative estimate of drug-likeness (QED) is 0.284. The highest BCUT2D eigenvalue weighted by atomic mass is 19.1. The number of unbranched alkanes of at least 4 members (excludes halogenated alkanes) is 7. The van der Waals surface area contributed by atoms with Crippen LogP contribution in [0, 0.1) is 11.7 Å². The predicted molar refractivity (Wildman–Crippen MR) is 136 cm³/mol. The van der Waals surface area contributed by atoms with Crippen molar-refractivity contribution in [1.82, 2.24) is 4.98 Å². The van der Waals surface area contributed by atoms with Crippen molar-refractivity contribution >= 4 is 0 Å². The molecular formula is C30H44FN. The molecule has 1 heterocycles. The summed E-state index contributed by atoms with van der Waals surface area (Å²) in [6, 6.07) is 9.93. The van der Waals surface area contributed by atoms with Crippen molar-refractivity contribution in [1.29, 1.82) is 0 Å². The van der Waals surface area contributed by atoms with Gasteiger partial charge in [0.25, 0.3) is 0 Å². The summed E-state index contributed by atoms with van der Waals surface area (Å²) in [7, 11) is 0. The van der Waals surface area contributed by atoms with Crippen LogP contribution in [-0.4, -0.2) is 4.98 Å². The average molecular weight is 438 g/mol. The van der Waals surface area contributed by atoms with Crippen LogP contribution >= 0.6 is 0 Å². The molecule has 1 aromatic heterocycles. The minimum Gasteiger partial charge on any atom is -0.256 e. The molecule has 1 nitrogen and oxygen atoms in total. The van der Waals surface area contributed by atoms with Crippen LogP contribution in [0.25, 0.3) is 11.3 Å². The minimum absolute atomic E-state index is 0.139. The molecule has 1 fully saturated rings. The van der Waals surface area contributed by atoms with Crippen LogP contribution in [0.15, 0.2) is 36.5 Å². The molecule has 32 heavy (non-hydrogen) atoms. The number of aromatic nitrogens is 1. The first-order valence-electron chi connectivity index (χ1n) is 13.5. The van der Waals surface area contributed by atoms with Crippen molar-refractivity contribution in [3.05, 3.63) is 53.5 Å². The van der Waals surface area contributed by atoms with E-state index >= 15 is 0 Å². The second-order valence-electron chi connectivity index (χ2n) is 10.0. The predicted octanol–water partition coefficient (Wildman–Crippen LogP) is 9.64. The second-order valence-corrected chi connectivity index (χ2v) is 10.0. The average Bonchev–Trinajstić information content (AvgIpc) is 2.82. The number of benzene rings is 1. The van der Waals surface area contributed by atoms with Crippen LogP contribution in [0.3, 0.4) is 0 Å². The van der Waals surface area contributed by atoms with Gasteiger partial charge in [-0.05, 0) is 79.7 Å². The smallest absolute Gasteiger partial charge is 0.132 e. The minimum atomic E-state index is -0.139. The third-order valence-corrected chi connectivity index (χ3v) is 7.45. The zero-order valence-corrected chi connectivity index (χ0v) is 20.6. The van der Waals surface area contributed by atoms with Crippen LogP contribution in [0.1, 0.15) is 121 Å². The van der Waals surface area contributed by atoms with Gasteiger partial charge in [0.1, 0.15) is 5.82 Å². The van der Waals surface area contributed by atoms with Gasteiger partial charge in [0, 0.05) is 11.8 Å². The fourth-order valence-corrected chi connectivity index (χ4v) is 5.30. The Morgan fingerprint density at radius 3 is 2.19 bits per heavy atom. The lowest BCUT2D eigenvalue weighted by molar-refractivity contribution is 0.302. The summed E-state index contributed by atoms with van der Waals surface area (Å²) in [5.74, 6) is 1.41. The zero-order valence-electron chi connectivity index (χ0n) is 20.6. The maximum Gasteiger partial charge on any atom is 0.132 e. The third kappa shape index (κ3) is 7.71. The molecule has 2 aromatic rings. The summed E-state index contributed by atoms with van der Waals surface area (Å²) >= 11 is 0. The lowest BCUT2D eigenvalue weighted by Gasteiger charge is -2.28. The fourth-order valence-electron chi connectivity index (χ4n) is 5.30. The molecule has 0 unspecified atom stereocenters. The van der Waals surface area contributed by atoms with E-state index < -0.39 is 0 Å². The summed E-state index contributed by atoms with van der Waals surface area (Å²) in [6.45, 7) is 4.51. The van der Waals surface area contributed by atoms with Crippen LogP contribution < -0.4 is 0 Å².